The number of aliphatic carboxylic acids is 1. The van der Waals surface area contributed by atoms with Gasteiger partial charge in [-0.05, 0) is 13.8 Å². The van der Waals surface area contributed by atoms with E-state index in [1.165, 1.54) is 13.1 Å². The maximum absolute atomic E-state index is 11.6. The molecule has 0 fully saturated rings. The molecule has 1 heterocycles. The Morgan fingerprint density at radius 2 is 2.24 bits per heavy atom. The molecular weight excluding hydrogens is 228 g/mol. The monoisotopic (exact) mass is 242 g/mol. The van der Waals surface area contributed by atoms with Crippen molar-refractivity contribution >= 4 is 11.9 Å². The summed E-state index contributed by atoms with van der Waals surface area (Å²) in [7, 11) is 0. The first-order valence-corrected chi connectivity index (χ1v) is 4.95. The lowest BCUT2D eigenvalue weighted by molar-refractivity contribution is -0.141. The highest BCUT2D eigenvalue weighted by molar-refractivity contribution is 5.94. The SMILES string of the molecule is Cc1oncc1C(=O)NCC(C)(O)CC(=O)O. The van der Waals surface area contributed by atoms with E-state index < -0.39 is 23.9 Å². The predicted octanol–water partition coefficient (Wildman–Crippen LogP) is -0.0615. The summed E-state index contributed by atoms with van der Waals surface area (Å²) in [5.74, 6) is -1.24. The Morgan fingerprint density at radius 1 is 1.59 bits per heavy atom. The Hall–Kier alpha value is -1.89. The van der Waals surface area contributed by atoms with E-state index in [9.17, 15) is 14.7 Å². The summed E-state index contributed by atoms with van der Waals surface area (Å²) in [4.78, 5) is 22.0. The van der Waals surface area contributed by atoms with Crippen molar-refractivity contribution in [3.05, 3.63) is 17.5 Å². The Morgan fingerprint density at radius 3 is 2.71 bits per heavy atom. The minimum atomic E-state index is -1.49. The first-order chi connectivity index (χ1) is 7.82. The second-order valence-corrected chi connectivity index (χ2v) is 4.05. The van der Waals surface area contributed by atoms with Crippen LogP contribution in [0.2, 0.25) is 0 Å². The molecular formula is C10H14N2O5. The van der Waals surface area contributed by atoms with Crippen LogP contribution < -0.4 is 5.32 Å². The number of aliphatic hydroxyl groups is 1. The molecule has 0 radical (unpaired) electrons. The van der Waals surface area contributed by atoms with E-state index in [1.807, 2.05) is 0 Å². The van der Waals surface area contributed by atoms with Gasteiger partial charge in [-0.3, -0.25) is 9.59 Å². The minimum absolute atomic E-state index is 0.164. The van der Waals surface area contributed by atoms with Crippen LogP contribution in [0.5, 0.6) is 0 Å². The average Bonchev–Trinajstić information content (AvgIpc) is 2.59. The maximum Gasteiger partial charge on any atom is 0.306 e. The molecule has 1 amide bonds. The fraction of sp³-hybridized carbons (Fsp3) is 0.500. The summed E-state index contributed by atoms with van der Waals surface area (Å²) in [6.07, 6.45) is 0.812. The summed E-state index contributed by atoms with van der Waals surface area (Å²) >= 11 is 0. The number of carbonyl (C=O) groups excluding carboxylic acids is 1. The van der Waals surface area contributed by atoms with E-state index in [4.69, 9.17) is 9.63 Å². The van der Waals surface area contributed by atoms with Crippen LogP contribution in [0.3, 0.4) is 0 Å². The molecule has 0 aliphatic carbocycles. The number of carbonyl (C=O) groups is 2. The molecule has 7 nitrogen and oxygen atoms in total. The summed E-state index contributed by atoms with van der Waals surface area (Å²) in [6.45, 7) is 2.75. The second kappa shape index (κ2) is 4.96. The van der Waals surface area contributed by atoms with Crippen LogP contribution in [0.15, 0.2) is 10.7 Å². The minimum Gasteiger partial charge on any atom is -0.481 e. The van der Waals surface area contributed by atoms with E-state index in [0.717, 1.165) is 0 Å². The third kappa shape index (κ3) is 3.87. The van der Waals surface area contributed by atoms with Crippen molar-refractivity contribution in [1.82, 2.24) is 10.5 Å². The van der Waals surface area contributed by atoms with Gasteiger partial charge in [0.05, 0.1) is 18.2 Å². The summed E-state index contributed by atoms with van der Waals surface area (Å²) < 4.78 is 4.71. The molecule has 7 heteroatoms. The number of aromatic nitrogens is 1. The van der Waals surface area contributed by atoms with Crippen LogP contribution in [-0.4, -0.2) is 39.4 Å². The first-order valence-electron chi connectivity index (χ1n) is 4.95. The average molecular weight is 242 g/mol. The lowest BCUT2D eigenvalue weighted by atomic mass is 10.0. The summed E-state index contributed by atoms with van der Waals surface area (Å²) in [5.41, 5.74) is -1.23. The van der Waals surface area contributed by atoms with Gasteiger partial charge in [0, 0.05) is 6.54 Å². The zero-order valence-corrected chi connectivity index (χ0v) is 9.56. The number of amides is 1. The van der Waals surface area contributed by atoms with Crippen molar-refractivity contribution < 1.29 is 24.3 Å². The first kappa shape index (κ1) is 13.2. The molecule has 1 unspecified atom stereocenters. The van der Waals surface area contributed by atoms with Crippen LogP contribution in [0, 0.1) is 6.92 Å². The second-order valence-electron chi connectivity index (χ2n) is 4.05. The molecule has 94 valence electrons. The van der Waals surface area contributed by atoms with Gasteiger partial charge in [0.25, 0.3) is 5.91 Å². The lowest BCUT2D eigenvalue weighted by Crippen LogP contribution is -2.42. The van der Waals surface area contributed by atoms with Crippen LogP contribution in [0.25, 0.3) is 0 Å². The third-order valence-corrected chi connectivity index (χ3v) is 2.16. The van der Waals surface area contributed by atoms with Crippen molar-refractivity contribution in [2.24, 2.45) is 0 Å². The molecule has 17 heavy (non-hydrogen) atoms. The Balaban J connectivity index is 2.54. The van der Waals surface area contributed by atoms with Crippen LogP contribution in [0.1, 0.15) is 29.5 Å². The van der Waals surface area contributed by atoms with Gasteiger partial charge in [-0.2, -0.15) is 0 Å². The van der Waals surface area contributed by atoms with Gasteiger partial charge in [-0.25, -0.2) is 0 Å². The molecule has 0 bridgehead atoms. The number of nitrogens with one attached hydrogen (secondary N) is 1. The molecule has 1 aromatic heterocycles. The molecule has 0 saturated carbocycles. The predicted molar refractivity (Wildman–Crippen MR) is 56.4 cm³/mol. The Labute approximate surface area is 97.4 Å². The Bertz CT molecular complexity index is 424. The highest BCUT2D eigenvalue weighted by Gasteiger charge is 2.25. The van der Waals surface area contributed by atoms with E-state index in [-0.39, 0.29) is 12.1 Å². The highest BCUT2D eigenvalue weighted by Crippen LogP contribution is 2.09. The van der Waals surface area contributed by atoms with Crippen LogP contribution in [-0.2, 0) is 4.79 Å². The number of nitrogens with zero attached hydrogens (tertiary/aromatic N) is 1. The smallest absolute Gasteiger partial charge is 0.306 e. The van der Waals surface area contributed by atoms with E-state index in [2.05, 4.69) is 10.5 Å². The molecule has 1 atom stereocenters. The molecule has 0 spiro atoms. The third-order valence-electron chi connectivity index (χ3n) is 2.16. The molecule has 1 rings (SSSR count). The molecule has 0 saturated heterocycles. The topological polar surface area (TPSA) is 113 Å². The maximum atomic E-state index is 11.6. The van der Waals surface area contributed by atoms with Gasteiger partial charge < -0.3 is 20.1 Å². The van der Waals surface area contributed by atoms with Gasteiger partial charge >= 0.3 is 5.97 Å². The molecule has 0 aromatic carbocycles. The van der Waals surface area contributed by atoms with Crippen molar-refractivity contribution in [1.29, 1.82) is 0 Å². The van der Waals surface area contributed by atoms with Gasteiger partial charge in [0.15, 0.2) is 0 Å². The number of rotatable bonds is 5. The number of aryl methyl sites for hydroxylation is 1. The number of hydrogen-bond donors (Lipinski definition) is 3. The van der Waals surface area contributed by atoms with Crippen molar-refractivity contribution in [2.45, 2.75) is 25.9 Å². The van der Waals surface area contributed by atoms with Gasteiger partial charge in [-0.1, -0.05) is 5.16 Å². The molecule has 0 aliphatic rings. The van der Waals surface area contributed by atoms with Gasteiger partial charge in [-0.15, -0.1) is 0 Å². The fourth-order valence-electron chi connectivity index (χ4n) is 1.27. The van der Waals surface area contributed by atoms with Crippen molar-refractivity contribution in [3.63, 3.8) is 0 Å². The van der Waals surface area contributed by atoms with E-state index in [1.54, 1.807) is 6.92 Å². The van der Waals surface area contributed by atoms with Crippen LogP contribution >= 0.6 is 0 Å². The quantitative estimate of drug-likeness (QED) is 0.666. The fourth-order valence-corrected chi connectivity index (χ4v) is 1.27. The van der Waals surface area contributed by atoms with Crippen LogP contribution in [0.4, 0.5) is 0 Å². The van der Waals surface area contributed by atoms with Crippen molar-refractivity contribution in [2.75, 3.05) is 6.54 Å². The molecule has 0 aliphatic heterocycles. The zero-order valence-electron chi connectivity index (χ0n) is 9.56. The number of carboxylic acid groups (broad SMARTS) is 1. The normalized spacial score (nSPS) is 14.1. The largest absolute Gasteiger partial charge is 0.481 e. The summed E-state index contributed by atoms with van der Waals surface area (Å²) in [6, 6.07) is 0. The lowest BCUT2D eigenvalue weighted by Gasteiger charge is -2.21. The highest BCUT2D eigenvalue weighted by atomic mass is 16.5. The van der Waals surface area contributed by atoms with E-state index >= 15 is 0 Å². The molecule has 3 N–H and O–H groups in total. The van der Waals surface area contributed by atoms with Gasteiger partial charge in [0.1, 0.15) is 11.3 Å². The summed E-state index contributed by atoms with van der Waals surface area (Å²) in [5, 5.41) is 24.1. The Kier molecular flexibility index (Phi) is 3.84. The molecule has 1 aromatic rings. The number of carboxylic acids is 1. The van der Waals surface area contributed by atoms with Crippen molar-refractivity contribution in [3.8, 4) is 0 Å². The van der Waals surface area contributed by atoms with E-state index in [0.29, 0.717) is 5.76 Å². The number of hydrogen-bond acceptors (Lipinski definition) is 5. The zero-order chi connectivity index (χ0) is 13.1. The van der Waals surface area contributed by atoms with Gasteiger partial charge in [0.2, 0.25) is 0 Å². The standard InChI is InChI=1S/C10H14N2O5/c1-6-7(4-12-17-6)9(15)11-5-10(2,16)3-8(13)14/h4,16H,3,5H2,1-2H3,(H,11,15)(H,13,14).